The van der Waals surface area contributed by atoms with E-state index >= 15 is 0 Å². The Hall–Kier alpha value is -2.31. The minimum Gasteiger partial charge on any atom is -0.351 e. The lowest BCUT2D eigenvalue weighted by molar-refractivity contribution is 0.0949. The molecule has 0 radical (unpaired) electrons. The molecule has 0 unspecified atom stereocenters. The van der Waals surface area contributed by atoms with Crippen molar-refractivity contribution in [2.24, 2.45) is 0 Å². The van der Waals surface area contributed by atoms with Crippen LogP contribution in [0.15, 0.2) is 24.7 Å². The zero-order chi connectivity index (χ0) is 12.1. The molecule has 0 saturated heterocycles. The van der Waals surface area contributed by atoms with E-state index in [1.807, 2.05) is 0 Å². The fourth-order valence-electron chi connectivity index (χ4n) is 1.30. The second-order valence-electron chi connectivity index (χ2n) is 3.28. The number of hydrogen-bond donors (Lipinski definition) is 2. The summed E-state index contributed by atoms with van der Waals surface area (Å²) in [6, 6.07) is 2.89. The molecule has 2 aromatic heterocycles. The Morgan fingerprint density at radius 2 is 2.35 bits per heavy atom. The summed E-state index contributed by atoms with van der Waals surface area (Å²) in [5.74, 6) is -0.600. The van der Waals surface area contributed by atoms with Crippen LogP contribution < -0.4 is 5.32 Å². The zero-order valence-electron chi connectivity index (χ0n) is 8.85. The number of carbonyl (C=O) groups excluding carboxylic acids is 1. The minimum absolute atomic E-state index is 0.0648. The minimum atomic E-state index is -0.773. The molecule has 17 heavy (non-hydrogen) atoms. The van der Waals surface area contributed by atoms with E-state index in [0.717, 1.165) is 0 Å². The van der Waals surface area contributed by atoms with Gasteiger partial charge in [0.15, 0.2) is 0 Å². The standard InChI is InChI=1S/C10H10FN5O/c11-9-7(2-1-4-12-9)10(17)13-5-3-8-14-6-15-16-8/h1-2,4,6H,3,5H2,(H,13,17)(H,14,15,16). The van der Waals surface area contributed by atoms with Crippen molar-refractivity contribution in [2.45, 2.75) is 6.42 Å². The number of nitrogens with zero attached hydrogens (tertiary/aromatic N) is 3. The van der Waals surface area contributed by atoms with Crippen LogP contribution in [0.5, 0.6) is 0 Å². The SMILES string of the molecule is O=C(NCCc1ncn[nH]1)c1cccnc1F. The van der Waals surface area contributed by atoms with Gasteiger partial charge in [-0.2, -0.15) is 9.49 Å². The first-order valence-electron chi connectivity index (χ1n) is 5.00. The molecule has 88 valence electrons. The first-order chi connectivity index (χ1) is 8.27. The van der Waals surface area contributed by atoms with Crippen LogP contribution in [0.1, 0.15) is 16.2 Å². The summed E-state index contributed by atoms with van der Waals surface area (Å²) < 4.78 is 13.1. The Kier molecular flexibility index (Phi) is 3.39. The third-order valence-corrected chi connectivity index (χ3v) is 2.12. The lowest BCUT2D eigenvalue weighted by atomic mass is 10.2. The average Bonchev–Trinajstić information content (AvgIpc) is 2.82. The van der Waals surface area contributed by atoms with E-state index in [1.54, 1.807) is 0 Å². The van der Waals surface area contributed by atoms with E-state index in [2.05, 4.69) is 25.5 Å². The quantitative estimate of drug-likeness (QED) is 0.747. The highest BCUT2D eigenvalue weighted by Crippen LogP contribution is 2.02. The predicted molar refractivity (Wildman–Crippen MR) is 56.6 cm³/mol. The van der Waals surface area contributed by atoms with Gasteiger partial charge in [0, 0.05) is 19.2 Å². The topological polar surface area (TPSA) is 83.6 Å². The molecule has 0 aromatic carbocycles. The fourth-order valence-corrected chi connectivity index (χ4v) is 1.30. The third kappa shape index (κ3) is 2.83. The van der Waals surface area contributed by atoms with Crippen molar-refractivity contribution < 1.29 is 9.18 Å². The lowest BCUT2D eigenvalue weighted by Gasteiger charge is -2.03. The number of rotatable bonds is 4. The highest BCUT2D eigenvalue weighted by Gasteiger charge is 2.11. The molecule has 2 aromatic rings. The van der Waals surface area contributed by atoms with E-state index < -0.39 is 11.9 Å². The summed E-state index contributed by atoms with van der Waals surface area (Å²) in [5.41, 5.74) is -0.0648. The number of pyridine rings is 1. The second-order valence-corrected chi connectivity index (χ2v) is 3.28. The molecule has 0 aliphatic rings. The number of aromatic nitrogens is 4. The fraction of sp³-hybridized carbons (Fsp3) is 0.200. The van der Waals surface area contributed by atoms with Gasteiger partial charge in [-0.3, -0.25) is 9.89 Å². The summed E-state index contributed by atoms with van der Waals surface area (Å²) in [4.78, 5) is 18.9. The van der Waals surface area contributed by atoms with Gasteiger partial charge in [0.05, 0.1) is 5.56 Å². The second kappa shape index (κ2) is 5.15. The van der Waals surface area contributed by atoms with Crippen molar-refractivity contribution >= 4 is 5.91 Å². The number of hydrogen-bond acceptors (Lipinski definition) is 4. The summed E-state index contributed by atoms with van der Waals surface area (Å²) >= 11 is 0. The Labute approximate surface area is 96.3 Å². The molecule has 0 spiro atoms. The van der Waals surface area contributed by atoms with Crippen molar-refractivity contribution in [3.05, 3.63) is 42.0 Å². The van der Waals surface area contributed by atoms with Crippen molar-refractivity contribution in [3.8, 4) is 0 Å². The molecule has 1 amide bonds. The molecular weight excluding hydrogens is 225 g/mol. The number of carbonyl (C=O) groups is 1. The van der Waals surface area contributed by atoms with Crippen LogP contribution in [0, 0.1) is 5.95 Å². The number of aromatic amines is 1. The molecule has 2 heterocycles. The third-order valence-electron chi connectivity index (χ3n) is 2.12. The van der Waals surface area contributed by atoms with Gasteiger partial charge >= 0.3 is 0 Å². The van der Waals surface area contributed by atoms with Crippen LogP contribution in [0.4, 0.5) is 4.39 Å². The van der Waals surface area contributed by atoms with Crippen LogP contribution in [-0.4, -0.2) is 32.6 Å². The monoisotopic (exact) mass is 235 g/mol. The van der Waals surface area contributed by atoms with E-state index in [4.69, 9.17) is 0 Å². The highest BCUT2D eigenvalue weighted by molar-refractivity contribution is 5.94. The molecule has 0 aliphatic heterocycles. The van der Waals surface area contributed by atoms with Crippen molar-refractivity contribution in [3.63, 3.8) is 0 Å². The van der Waals surface area contributed by atoms with Crippen molar-refractivity contribution in [1.82, 2.24) is 25.5 Å². The maximum Gasteiger partial charge on any atom is 0.255 e. The van der Waals surface area contributed by atoms with E-state index in [9.17, 15) is 9.18 Å². The first-order valence-corrected chi connectivity index (χ1v) is 5.00. The van der Waals surface area contributed by atoms with Gasteiger partial charge in [0.1, 0.15) is 12.2 Å². The van der Waals surface area contributed by atoms with Gasteiger partial charge in [0.25, 0.3) is 5.91 Å². The Bertz CT molecular complexity index is 499. The van der Waals surface area contributed by atoms with Crippen LogP contribution in [0.25, 0.3) is 0 Å². The van der Waals surface area contributed by atoms with Crippen molar-refractivity contribution in [2.75, 3.05) is 6.54 Å². The summed E-state index contributed by atoms with van der Waals surface area (Å²) in [7, 11) is 0. The van der Waals surface area contributed by atoms with Gasteiger partial charge in [-0.05, 0) is 12.1 Å². The summed E-state index contributed by atoms with van der Waals surface area (Å²) in [6.45, 7) is 0.350. The molecule has 2 N–H and O–H groups in total. The van der Waals surface area contributed by atoms with Crippen molar-refractivity contribution in [1.29, 1.82) is 0 Å². The van der Waals surface area contributed by atoms with Crippen LogP contribution in [0.3, 0.4) is 0 Å². The van der Waals surface area contributed by atoms with Gasteiger partial charge in [0.2, 0.25) is 5.95 Å². The highest BCUT2D eigenvalue weighted by atomic mass is 19.1. The molecule has 0 fully saturated rings. The van der Waals surface area contributed by atoms with E-state index in [0.29, 0.717) is 18.8 Å². The molecule has 2 rings (SSSR count). The summed E-state index contributed by atoms with van der Waals surface area (Å²) in [6.07, 6.45) is 3.19. The lowest BCUT2D eigenvalue weighted by Crippen LogP contribution is -2.27. The van der Waals surface area contributed by atoms with E-state index in [1.165, 1.54) is 24.7 Å². The molecule has 0 atom stereocenters. The van der Waals surface area contributed by atoms with Crippen LogP contribution in [-0.2, 0) is 6.42 Å². The van der Waals surface area contributed by atoms with Gasteiger partial charge < -0.3 is 5.32 Å². The number of nitrogens with one attached hydrogen (secondary N) is 2. The molecule has 0 saturated carbocycles. The largest absolute Gasteiger partial charge is 0.351 e. The van der Waals surface area contributed by atoms with Crippen LogP contribution in [0.2, 0.25) is 0 Å². The smallest absolute Gasteiger partial charge is 0.255 e. The van der Waals surface area contributed by atoms with Gasteiger partial charge in [-0.25, -0.2) is 9.97 Å². The number of H-pyrrole nitrogens is 1. The van der Waals surface area contributed by atoms with Crippen LogP contribution >= 0.6 is 0 Å². The number of amides is 1. The molecule has 0 aliphatic carbocycles. The first kappa shape index (κ1) is 11.2. The number of halogens is 1. The Balaban J connectivity index is 1.88. The summed E-state index contributed by atoms with van der Waals surface area (Å²) in [5, 5.41) is 8.91. The molecule has 6 nitrogen and oxygen atoms in total. The molecular formula is C10H10FN5O. The maximum atomic E-state index is 13.1. The Morgan fingerprint density at radius 3 is 3.06 bits per heavy atom. The Morgan fingerprint density at radius 1 is 1.47 bits per heavy atom. The molecule has 7 heteroatoms. The van der Waals surface area contributed by atoms with Gasteiger partial charge in [-0.1, -0.05) is 0 Å². The average molecular weight is 235 g/mol. The zero-order valence-corrected chi connectivity index (χ0v) is 8.85. The molecule has 0 bridgehead atoms. The normalized spacial score (nSPS) is 10.2. The maximum absolute atomic E-state index is 13.1. The predicted octanol–water partition coefficient (Wildman–Crippen LogP) is 0.311. The van der Waals surface area contributed by atoms with Gasteiger partial charge in [-0.15, -0.1) is 0 Å². The van der Waals surface area contributed by atoms with E-state index in [-0.39, 0.29) is 5.56 Å².